The van der Waals surface area contributed by atoms with Gasteiger partial charge in [0.2, 0.25) is 0 Å². The fourth-order valence-electron chi connectivity index (χ4n) is 5.79. The molecule has 1 aromatic carbocycles. The van der Waals surface area contributed by atoms with Crippen LogP contribution in [0.5, 0.6) is 0 Å². The number of piperidine rings is 1. The standard InChI is InChI=1S/C27H35N5/c28-18-24-25-20-32(22-12-6-2-7-13-22)17-14-23(25)27(31-15-8-3-9-16-31)30-26(24)29-19-21-10-4-1-5-11-21/h1,4-5,10-11,22H,2-3,6-9,12-17,19-20H2,(H,29,30). The predicted octanol–water partition coefficient (Wildman–Crippen LogP) is 5.25. The van der Waals surface area contributed by atoms with Gasteiger partial charge in [-0.15, -0.1) is 0 Å². The third kappa shape index (κ3) is 4.47. The maximum atomic E-state index is 10.2. The van der Waals surface area contributed by atoms with Crippen LogP contribution in [0.15, 0.2) is 30.3 Å². The van der Waals surface area contributed by atoms with Gasteiger partial charge in [0.1, 0.15) is 17.7 Å². The fraction of sp³-hybridized carbons (Fsp3) is 0.556. The molecular weight excluding hydrogens is 394 g/mol. The number of pyridine rings is 1. The Hall–Kier alpha value is -2.58. The molecule has 0 radical (unpaired) electrons. The number of nitriles is 1. The summed E-state index contributed by atoms with van der Waals surface area (Å²) in [6.07, 6.45) is 11.5. The molecule has 3 aliphatic rings. The fourth-order valence-corrected chi connectivity index (χ4v) is 5.79. The van der Waals surface area contributed by atoms with E-state index in [9.17, 15) is 5.26 Å². The molecule has 0 unspecified atom stereocenters. The zero-order chi connectivity index (χ0) is 21.8. The average molecular weight is 430 g/mol. The number of hydrogen-bond donors (Lipinski definition) is 1. The lowest BCUT2D eigenvalue weighted by Crippen LogP contribution is -2.42. The van der Waals surface area contributed by atoms with E-state index in [2.05, 4.69) is 45.5 Å². The Bertz CT molecular complexity index is 952. The van der Waals surface area contributed by atoms with Crippen LogP contribution >= 0.6 is 0 Å². The van der Waals surface area contributed by atoms with Crippen molar-refractivity contribution in [1.29, 1.82) is 5.26 Å². The van der Waals surface area contributed by atoms with Crippen molar-refractivity contribution in [3.8, 4) is 6.07 Å². The van der Waals surface area contributed by atoms with Gasteiger partial charge in [-0.1, -0.05) is 49.6 Å². The van der Waals surface area contributed by atoms with Gasteiger partial charge in [0, 0.05) is 44.3 Å². The molecule has 1 saturated heterocycles. The van der Waals surface area contributed by atoms with E-state index in [1.54, 1.807) is 0 Å². The second kappa shape index (κ2) is 9.92. The van der Waals surface area contributed by atoms with Crippen molar-refractivity contribution in [3.05, 3.63) is 52.6 Å². The van der Waals surface area contributed by atoms with E-state index in [1.807, 2.05) is 6.07 Å². The normalized spacial score (nSPS) is 19.9. The highest BCUT2D eigenvalue weighted by Crippen LogP contribution is 2.37. The quantitative estimate of drug-likeness (QED) is 0.704. The molecule has 1 saturated carbocycles. The molecule has 5 heteroatoms. The Balaban J connectivity index is 1.49. The lowest BCUT2D eigenvalue weighted by Gasteiger charge is -2.40. The van der Waals surface area contributed by atoms with E-state index in [0.29, 0.717) is 12.6 Å². The largest absolute Gasteiger partial charge is 0.365 e. The van der Waals surface area contributed by atoms with Crippen LogP contribution in [-0.4, -0.2) is 35.6 Å². The van der Waals surface area contributed by atoms with Crippen LogP contribution in [0.1, 0.15) is 73.6 Å². The number of anilines is 2. The van der Waals surface area contributed by atoms with Gasteiger partial charge in [0.05, 0.1) is 5.56 Å². The number of nitrogens with one attached hydrogen (secondary N) is 1. The van der Waals surface area contributed by atoms with Crippen molar-refractivity contribution in [3.63, 3.8) is 0 Å². The van der Waals surface area contributed by atoms with Crippen molar-refractivity contribution in [2.75, 3.05) is 29.9 Å². The van der Waals surface area contributed by atoms with Crippen molar-refractivity contribution in [2.45, 2.75) is 76.9 Å². The molecule has 1 N–H and O–H groups in total. The molecule has 32 heavy (non-hydrogen) atoms. The van der Waals surface area contributed by atoms with Gasteiger partial charge in [-0.3, -0.25) is 4.90 Å². The molecule has 1 aliphatic carbocycles. The highest BCUT2D eigenvalue weighted by molar-refractivity contribution is 5.67. The number of fused-ring (bicyclic) bond motifs is 1. The number of rotatable bonds is 5. The number of benzene rings is 1. The first-order valence-electron chi connectivity index (χ1n) is 12.6. The zero-order valence-electron chi connectivity index (χ0n) is 19.2. The van der Waals surface area contributed by atoms with Gasteiger partial charge in [-0.05, 0) is 49.7 Å². The Labute approximate surface area is 192 Å². The molecule has 2 fully saturated rings. The van der Waals surface area contributed by atoms with Gasteiger partial charge in [0.15, 0.2) is 0 Å². The van der Waals surface area contributed by atoms with Crippen molar-refractivity contribution in [1.82, 2.24) is 9.88 Å². The van der Waals surface area contributed by atoms with Gasteiger partial charge in [-0.25, -0.2) is 4.98 Å². The van der Waals surface area contributed by atoms with Crippen LogP contribution in [0.4, 0.5) is 11.6 Å². The van der Waals surface area contributed by atoms with Crippen molar-refractivity contribution < 1.29 is 0 Å². The minimum atomic E-state index is 0.677. The predicted molar refractivity (Wildman–Crippen MR) is 130 cm³/mol. The summed E-state index contributed by atoms with van der Waals surface area (Å²) in [5.74, 6) is 1.90. The molecule has 5 rings (SSSR count). The number of hydrogen-bond acceptors (Lipinski definition) is 5. The molecule has 0 bridgehead atoms. The number of nitrogens with zero attached hydrogens (tertiary/aromatic N) is 4. The minimum Gasteiger partial charge on any atom is -0.365 e. The second-order valence-electron chi connectivity index (χ2n) is 9.63. The summed E-state index contributed by atoms with van der Waals surface area (Å²) in [4.78, 5) is 10.2. The van der Waals surface area contributed by atoms with Gasteiger partial charge >= 0.3 is 0 Å². The van der Waals surface area contributed by atoms with Crippen molar-refractivity contribution in [2.24, 2.45) is 0 Å². The van der Waals surface area contributed by atoms with Crippen LogP contribution in [0.2, 0.25) is 0 Å². The second-order valence-corrected chi connectivity index (χ2v) is 9.63. The third-order valence-corrected chi connectivity index (χ3v) is 7.56. The van der Waals surface area contributed by atoms with E-state index < -0.39 is 0 Å². The lowest BCUT2D eigenvalue weighted by molar-refractivity contribution is 0.141. The van der Waals surface area contributed by atoms with Gasteiger partial charge in [0.25, 0.3) is 0 Å². The van der Waals surface area contributed by atoms with Crippen molar-refractivity contribution >= 4 is 11.6 Å². The Morgan fingerprint density at radius 3 is 2.44 bits per heavy atom. The molecule has 2 aliphatic heterocycles. The SMILES string of the molecule is N#Cc1c(NCc2ccccc2)nc(N2CCCCC2)c2c1CN(C1CCCCC1)CC2. The highest BCUT2D eigenvalue weighted by Gasteiger charge is 2.31. The third-order valence-electron chi connectivity index (χ3n) is 7.56. The topological polar surface area (TPSA) is 55.2 Å². The summed E-state index contributed by atoms with van der Waals surface area (Å²) in [6, 6.07) is 13.6. The summed E-state index contributed by atoms with van der Waals surface area (Å²) < 4.78 is 0. The average Bonchev–Trinajstić information content (AvgIpc) is 2.88. The molecule has 0 spiro atoms. The summed E-state index contributed by atoms with van der Waals surface area (Å²) in [7, 11) is 0. The van der Waals surface area contributed by atoms with E-state index in [-0.39, 0.29) is 0 Å². The van der Waals surface area contributed by atoms with Crippen LogP contribution < -0.4 is 10.2 Å². The van der Waals surface area contributed by atoms with E-state index in [0.717, 1.165) is 49.8 Å². The maximum absolute atomic E-state index is 10.2. The molecule has 0 atom stereocenters. The summed E-state index contributed by atoms with van der Waals surface area (Å²) in [6.45, 7) is 4.84. The van der Waals surface area contributed by atoms with Gasteiger partial charge < -0.3 is 10.2 Å². The van der Waals surface area contributed by atoms with Crippen LogP contribution in [-0.2, 0) is 19.5 Å². The summed E-state index contributed by atoms with van der Waals surface area (Å²) in [5.41, 5.74) is 4.53. The molecule has 168 valence electrons. The minimum absolute atomic E-state index is 0.677. The maximum Gasteiger partial charge on any atom is 0.147 e. The molecule has 3 heterocycles. The lowest BCUT2D eigenvalue weighted by atomic mass is 9.89. The van der Waals surface area contributed by atoms with Gasteiger partial charge in [-0.2, -0.15) is 5.26 Å². The molecular formula is C27H35N5. The molecule has 0 amide bonds. The zero-order valence-corrected chi connectivity index (χ0v) is 19.2. The van der Waals surface area contributed by atoms with E-state index >= 15 is 0 Å². The highest BCUT2D eigenvalue weighted by atomic mass is 15.2. The number of aromatic nitrogens is 1. The first-order chi connectivity index (χ1) is 15.8. The molecule has 2 aromatic rings. The van der Waals surface area contributed by atoms with Crippen LogP contribution in [0.3, 0.4) is 0 Å². The molecule has 5 nitrogen and oxygen atoms in total. The summed E-state index contributed by atoms with van der Waals surface area (Å²) >= 11 is 0. The smallest absolute Gasteiger partial charge is 0.147 e. The monoisotopic (exact) mass is 429 g/mol. The molecule has 1 aromatic heterocycles. The first-order valence-corrected chi connectivity index (χ1v) is 12.6. The van der Waals surface area contributed by atoms with Crippen LogP contribution in [0.25, 0.3) is 0 Å². The Morgan fingerprint density at radius 2 is 1.69 bits per heavy atom. The Kier molecular flexibility index (Phi) is 6.59. The Morgan fingerprint density at radius 1 is 0.938 bits per heavy atom. The van der Waals surface area contributed by atoms with Crippen LogP contribution in [0, 0.1) is 11.3 Å². The summed E-state index contributed by atoms with van der Waals surface area (Å²) in [5, 5.41) is 13.7. The van der Waals surface area contributed by atoms with E-state index in [4.69, 9.17) is 4.98 Å². The van der Waals surface area contributed by atoms with E-state index in [1.165, 1.54) is 68.1 Å². The first kappa shape index (κ1) is 21.3.